The van der Waals surface area contributed by atoms with E-state index in [-0.39, 0.29) is 11.9 Å². The molecule has 4 rings (SSSR count). The number of carbonyl (C=O) groups is 1. The van der Waals surface area contributed by atoms with Crippen molar-refractivity contribution >= 4 is 16.8 Å². The van der Waals surface area contributed by atoms with E-state index in [1.807, 2.05) is 11.0 Å². The van der Waals surface area contributed by atoms with Crippen LogP contribution < -0.4 is 4.74 Å². The predicted molar refractivity (Wildman–Crippen MR) is 108 cm³/mol. The third-order valence-electron chi connectivity index (χ3n) is 5.77. The van der Waals surface area contributed by atoms with E-state index < -0.39 is 0 Å². The number of H-pyrrole nitrogens is 1. The molecule has 0 spiro atoms. The van der Waals surface area contributed by atoms with Gasteiger partial charge in [0, 0.05) is 30.6 Å². The van der Waals surface area contributed by atoms with Crippen LogP contribution in [0.4, 0.5) is 0 Å². The molecule has 0 aliphatic carbocycles. The van der Waals surface area contributed by atoms with Crippen LogP contribution in [0.3, 0.4) is 0 Å². The summed E-state index contributed by atoms with van der Waals surface area (Å²) in [5.41, 5.74) is 6.15. The minimum absolute atomic E-state index is 0.0571. The van der Waals surface area contributed by atoms with Crippen molar-refractivity contribution in [2.75, 3.05) is 13.7 Å². The molecule has 3 aromatic rings. The molecule has 1 unspecified atom stereocenters. The van der Waals surface area contributed by atoms with Crippen LogP contribution in [0, 0.1) is 0 Å². The van der Waals surface area contributed by atoms with Crippen molar-refractivity contribution in [1.29, 1.82) is 0 Å². The molecule has 1 N–H and O–H groups in total. The molecule has 27 heavy (non-hydrogen) atoms. The fraction of sp³-hybridized carbons (Fsp3) is 0.348. The Morgan fingerprint density at radius 3 is 2.81 bits per heavy atom. The number of nitrogens with zero attached hydrogens (tertiary/aromatic N) is 1. The zero-order valence-corrected chi connectivity index (χ0v) is 16.2. The lowest BCUT2D eigenvalue weighted by Crippen LogP contribution is -2.39. The van der Waals surface area contributed by atoms with Gasteiger partial charge in [0.2, 0.25) is 5.91 Å². The second kappa shape index (κ2) is 7.10. The Labute approximate surface area is 160 Å². The van der Waals surface area contributed by atoms with Gasteiger partial charge in [0.05, 0.1) is 13.2 Å². The first kappa shape index (κ1) is 17.7. The van der Waals surface area contributed by atoms with E-state index in [4.69, 9.17) is 4.74 Å². The molecule has 1 amide bonds. The minimum atomic E-state index is 0.0571. The zero-order chi connectivity index (χ0) is 19.0. The van der Waals surface area contributed by atoms with Crippen molar-refractivity contribution < 1.29 is 9.53 Å². The number of aromatic nitrogens is 1. The van der Waals surface area contributed by atoms with Crippen molar-refractivity contribution in [3.63, 3.8) is 0 Å². The van der Waals surface area contributed by atoms with Gasteiger partial charge in [-0.05, 0) is 59.7 Å². The maximum absolute atomic E-state index is 12.4. The Morgan fingerprint density at radius 1 is 1.26 bits per heavy atom. The first-order valence-corrected chi connectivity index (χ1v) is 9.64. The third-order valence-corrected chi connectivity index (χ3v) is 5.77. The number of benzene rings is 2. The van der Waals surface area contributed by atoms with Gasteiger partial charge < -0.3 is 14.6 Å². The second-order valence-electron chi connectivity index (χ2n) is 7.26. The number of methoxy groups -OCH3 is 1. The van der Waals surface area contributed by atoms with Gasteiger partial charge >= 0.3 is 0 Å². The quantitative estimate of drug-likeness (QED) is 0.746. The molecule has 2 heterocycles. The smallest absolute Gasteiger partial charge is 0.219 e. The number of fused-ring (bicyclic) bond motifs is 2. The Balaban J connectivity index is 1.80. The normalized spacial score (nSPS) is 16.4. The standard InChI is InChI=1S/C23H26N2O2/c1-4-16-11-20-17(13-23(16)27-3)9-10-25(15(2)26)22(20)12-18-14-24-21-8-6-5-7-19(18)21/h5-8,11,13-14,22,24H,4,9-10,12H2,1-3H3. The number of hydrogen-bond acceptors (Lipinski definition) is 2. The molecule has 1 aromatic heterocycles. The molecule has 0 saturated carbocycles. The number of amides is 1. The molecular weight excluding hydrogens is 336 g/mol. The van der Waals surface area contributed by atoms with Crippen molar-refractivity contribution in [3.05, 3.63) is 64.8 Å². The van der Waals surface area contributed by atoms with Crippen LogP contribution in [0.1, 0.15) is 42.1 Å². The van der Waals surface area contributed by atoms with Crippen molar-refractivity contribution in [2.24, 2.45) is 0 Å². The van der Waals surface area contributed by atoms with Crippen LogP contribution >= 0.6 is 0 Å². The maximum Gasteiger partial charge on any atom is 0.219 e. The number of aromatic amines is 1. The number of hydrogen-bond donors (Lipinski definition) is 1. The molecular formula is C23H26N2O2. The van der Waals surface area contributed by atoms with E-state index >= 15 is 0 Å². The molecule has 4 heteroatoms. The Morgan fingerprint density at radius 2 is 2.07 bits per heavy atom. The Bertz CT molecular complexity index is 989. The molecule has 0 bridgehead atoms. The van der Waals surface area contributed by atoms with Gasteiger partial charge in [0.1, 0.15) is 5.75 Å². The molecule has 0 saturated heterocycles. The summed E-state index contributed by atoms with van der Waals surface area (Å²) in [6.45, 7) is 4.58. The summed E-state index contributed by atoms with van der Waals surface area (Å²) in [6, 6.07) is 12.8. The molecule has 2 aromatic carbocycles. The first-order valence-electron chi connectivity index (χ1n) is 9.64. The largest absolute Gasteiger partial charge is 0.496 e. The molecule has 1 aliphatic rings. The summed E-state index contributed by atoms with van der Waals surface area (Å²) >= 11 is 0. The molecule has 1 aliphatic heterocycles. The van der Waals surface area contributed by atoms with E-state index in [2.05, 4.69) is 48.4 Å². The van der Waals surface area contributed by atoms with Gasteiger partial charge in [-0.3, -0.25) is 4.79 Å². The lowest BCUT2D eigenvalue weighted by Gasteiger charge is -2.37. The molecule has 0 fully saturated rings. The fourth-order valence-corrected chi connectivity index (χ4v) is 4.35. The van der Waals surface area contributed by atoms with Crippen molar-refractivity contribution in [3.8, 4) is 5.75 Å². The number of ether oxygens (including phenoxy) is 1. The van der Waals surface area contributed by atoms with E-state index in [0.29, 0.717) is 0 Å². The zero-order valence-electron chi connectivity index (χ0n) is 16.2. The molecule has 0 radical (unpaired) electrons. The summed E-state index contributed by atoms with van der Waals surface area (Å²) < 4.78 is 5.59. The monoisotopic (exact) mass is 362 g/mol. The third kappa shape index (κ3) is 3.09. The number of nitrogens with one attached hydrogen (secondary N) is 1. The summed E-state index contributed by atoms with van der Waals surface area (Å²) in [5, 5.41) is 1.23. The highest BCUT2D eigenvalue weighted by atomic mass is 16.5. The predicted octanol–water partition coefficient (Wildman–Crippen LogP) is 4.43. The Kier molecular flexibility index (Phi) is 4.65. The lowest BCUT2D eigenvalue weighted by molar-refractivity contribution is -0.131. The average Bonchev–Trinajstić information content (AvgIpc) is 3.10. The van der Waals surface area contributed by atoms with Gasteiger partial charge in [-0.15, -0.1) is 0 Å². The van der Waals surface area contributed by atoms with E-state index in [9.17, 15) is 4.79 Å². The first-order chi connectivity index (χ1) is 13.1. The highest BCUT2D eigenvalue weighted by molar-refractivity contribution is 5.83. The van der Waals surface area contributed by atoms with Crippen LogP contribution in [0.5, 0.6) is 5.75 Å². The molecule has 140 valence electrons. The summed E-state index contributed by atoms with van der Waals surface area (Å²) in [7, 11) is 1.73. The molecule has 4 nitrogen and oxygen atoms in total. The highest BCUT2D eigenvalue weighted by Crippen LogP contribution is 2.37. The lowest BCUT2D eigenvalue weighted by atomic mass is 9.86. The maximum atomic E-state index is 12.4. The SMILES string of the molecule is CCc1cc2c(cc1OC)CCN(C(C)=O)C2Cc1c[nH]c2ccccc12. The van der Waals surface area contributed by atoms with E-state index in [0.717, 1.165) is 37.1 Å². The summed E-state index contributed by atoms with van der Waals surface area (Å²) in [4.78, 5) is 17.8. The van der Waals surface area contributed by atoms with Gasteiger partial charge in [0.25, 0.3) is 0 Å². The van der Waals surface area contributed by atoms with Crippen LogP contribution in [-0.4, -0.2) is 29.4 Å². The topological polar surface area (TPSA) is 45.3 Å². The second-order valence-corrected chi connectivity index (χ2v) is 7.26. The van der Waals surface area contributed by atoms with Crippen molar-refractivity contribution in [1.82, 2.24) is 9.88 Å². The van der Waals surface area contributed by atoms with E-state index in [1.165, 1.54) is 27.6 Å². The van der Waals surface area contributed by atoms with Crippen LogP contribution in [-0.2, 0) is 24.1 Å². The van der Waals surface area contributed by atoms with E-state index in [1.54, 1.807) is 14.0 Å². The average molecular weight is 362 g/mol. The number of aryl methyl sites for hydroxylation is 1. The number of carbonyl (C=O) groups excluding carboxylic acids is 1. The van der Waals surface area contributed by atoms with Gasteiger partial charge in [-0.2, -0.15) is 0 Å². The highest BCUT2D eigenvalue weighted by Gasteiger charge is 2.30. The van der Waals surface area contributed by atoms with Gasteiger partial charge in [-0.25, -0.2) is 0 Å². The minimum Gasteiger partial charge on any atom is -0.496 e. The van der Waals surface area contributed by atoms with Crippen LogP contribution in [0.25, 0.3) is 10.9 Å². The molecule has 1 atom stereocenters. The van der Waals surface area contributed by atoms with Crippen LogP contribution in [0.15, 0.2) is 42.6 Å². The number of para-hydroxylation sites is 1. The summed E-state index contributed by atoms with van der Waals surface area (Å²) in [5.74, 6) is 1.10. The number of rotatable bonds is 4. The van der Waals surface area contributed by atoms with Gasteiger partial charge in [-0.1, -0.05) is 25.1 Å². The van der Waals surface area contributed by atoms with Gasteiger partial charge in [0.15, 0.2) is 0 Å². The summed E-state index contributed by atoms with van der Waals surface area (Å²) in [6.07, 6.45) is 4.68. The fourth-order valence-electron chi connectivity index (χ4n) is 4.35. The van der Waals surface area contributed by atoms with Crippen LogP contribution in [0.2, 0.25) is 0 Å². The van der Waals surface area contributed by atoms with Crippen molar-refractivity contribution in [2.45, 2.75) is 39.2 Å². The Hall–Kier alpha value is -2.75.